The van der Waals surface area contributed by atoms with E-state index in [4.69, 9.17) is 16.3 Å². The molecule has 2 rings (SSSR count). The standard InChI is InChI=1S/C14H17ClN2O2/c1-4-19-14(18)12-7-9-5-11(15)6-10(8-17(2)3)13(9)16-12/h5-7,16H,4,8H2,1-3H3. The molecule has 1 aromatic carbocycles. The lowest BCUT2D eigenvalue weighted by atomic mass is 10.1. The highest BCUT2D eigenvalue weighted by molar-refractivity contribution is 6.31. The highest BCUT2D eigenvalue weighted by Gasteiger charge is 2.13. The van der Waals surface area contributed by atoms with Crippen molar-refractivity contribution >= 4 is 28.5 Å². The lowest BCUT2D eigenvalue weighted by Crippen LogP contribution is -2.11. The molecular formula is C14H17ClN2O2. The summed E-state index contributed by atoms with van der Waals surface area (Å²) >= 11 is 6.11. The van der Waals surface area contributed by atoms with E-state index in [1.807, 2.05) is 26.2 Å². The molecule has 0 aliphatic rings. The lowest BCUT2D eigenvalue weighted by Gasteiger charge is -2.11. The van der Waals surface area contributed by atoms with E-state index < -0.39 is 0 Å². The molecule has 102 valence electrons. The van der Waals surface area contributed by atoms with Crippen LogP contribution in [0.25, 0.3) is 10.9 Å². The molecule has 0 bridgehead atoms. The number of H-pyrrole nitrogens is 1. The molecule has 19 heavy (non-hydrogen) atoms. The number of aromatic nitrogens is 1. The summed E-state index contributed by atoms with van der Waals surface area (Å²) in [5.41, 5.74) is 2.45. The van der Waals surface area contributed by atoms with Crippen LogP contribution in [0.4, 0.5) is 0 Å². The fourth-order valence-corrected chi connectivity index (χ4v) is 2.31. The van der Waals surface area contributed by atoms with Gasteiger partial charge in [0.05, 0.1) is 12.1 Å². The molecule has 0 aliphatic heterocycles. The van der Waals surface area contributed by atoms with E-state index in [9.17, 15) is 4.79 Å². The van der Waals surface area contributed by atoms with Crippen LogP contribution in [0.1, 0.15) is 23.0 Å². The van der Waals surface area contributed by atoms with E-state index in [-0.39, 0.29) is 5.97 Å². The van der Waals surface area contributed by atoms with Crippen LogP contribution in [-0.2, 0) is 11.3 Å². The summed E-state index contributed by atoms with van der Waals surface area (Å²) in [6.07, 6.45) is 0. The Morgan fingerprint density at radius 1 is 1.37 bits per heavy atom. The first-order valence-electron chi connectivity index (χ1n) is 6.14. The maximum atomic E-state index is 11.7. The molecule has 0 radical (unpaired) electrons. The van der Waals surface area contributed by atoms with Crippen LogP contribution in [0.5, 0.6) is 0 Å². The number of hydrogen-bond donors (Lipinski definition) is 1. The molecule has 1 heterocycles. The van der Waals surface area contributed by atoms with Gasteiger partial charge in [-0.2, -0.15) is 0 Å². The normalized spacial score (nSPS) is 11.2. The van der Waals surface area contributed by atoms with Crippen molar-refractivity contribution in [3.05, 3.63) is 34.5 Å². The maximum absolute atomic E-state index is 11.7. The minimum Gasteiger partial charge on any atom is -0.461 e. The van der Waals surface area contributed by atoms with Gasteiger partial charge >= 0.3 is 5.97 Å². The fourth-order valence-electron chi connectivity index (χ4n) is 2.06. The van der Waals surface area contributed by atoms with Gasteiger partial charge in [0.1, 0.15) is 5.69 Å². The molecule has 1 aromatic heterocycles. The SMILES string of the molecule is CCOC(=O)c1cc2cc(Cl)cc(CN(C)C)c2[nH]1. The van der Waals surface area contributed by atoms with E-state index >= 15 is 0 Å². The van der Waals surface area contributed by atoms with Gasteiger partial charge in [-0.25, -0.2) is 4.79 Å². The predicted molar refractivity (Wildman–Crippen MR) is 76.7 cm³/mol. The second kappa shape index (κ2) is 5.63. The van der Waals surface area contributed by atoms with E-state index in [2.05, 4.69) is 9.88 Å². The molecule has 0 fully saturated rings. The first kappa shape index (κ1) is 13.9. The number of carbonyl (C=O) groups is 1. The number of aromatic amines is 1. The van der Waals surface area contributed by atoms with E-state index in [1.165, 1.54) is 0 Å². The zero-order valence-corrected chi connectivity index (χ0v) is 12.0. The van der Waals surface area contributed by atoms with Crippen molar-refractivity contribution in [2.24, 2.45) is 0 Å². The van der Waals surface area contributed by atoms with Crippen molar-refractivity contribution in [1.82, 2.24) is 9.88 Å². The Morgan fingerprint density at radius 2 is 2.11 bits per heavy atom. The molecule has 0 atom stereocenters. The quantitative estimate of drug-likeness (QED) is 0.876. The average molecular weight is 281 g/mol. The Labute approximate surface area is 117 Å². The number of fused-ring (bicyclic) bond motifs is 1. The molecule has 2 aromatic rings. The van der Waals surface area contributed by atoms with Crippen LogP contribution in [0.15, 0.2) is 18.2 Å². The number of halogens is 1. The van der Waals surface area contributed by atoms with Crippen LogP contribution in [0.3, 0.4) is 0 Å². The zero-order valence-electron chi connectivity index (χ0n) is 11.3. The van der Waals surface area contributed by atoms with Gasteiger partial charge in [-0.15, -0.1) is 0 Å². The van der Waals surface area contributed by atoms with Crippen LogP contribution in [0, 0.1) is 0 Å². The molecule has 0 aliphatic carbocycles. The number of nitrogens with zero attached hydrogens (tertiary/aromatic N) is 1. The number of esters is 1. The van der Waals surface area contributed by atoms with Gasteiger partial charge in [-0.05, 0) is 44.8 Å². The van der Waals surface area contributed by atoms with Crippen molar-refractivity contribution in [2.45, 2.75) is 13.5 Å². The third-order valence-corrected chi connectivity index (χ3v) is 2.97. The third-order valence-electron chi connectivity index (χ3n) is 2.76. The van der Waals surface area contributed by atoms with E-state index in [1.54, 1.807) is 13.0 Å². The van der Waals surface area contributed by atoms with Crippen molar-refractivity contribution in [3.8, 4) is 0 Å². The molecule has 1 N–H and O–H groups in total. The topological polar surface area (TPSA) is 45.3 Å². The Morgan fingerprint density at radius 3 is 2.74 bits per heavy atom. The summed E-state index contributed by atoms with van der Waals surface area (Å²) in [6.45, 7) is 2.90. The molecule has 0 amide bonds. The molecule has 5 heteroatoms. The smallest absolute Gasteiger partial charge is 0.354 e. The summed E-state index contributed by atoms with van der Waals surface area (Å²) in [5.74, 6) is -0.342. The number of ether oxygens (including phenoxy) is 1. The van der Waals surface area contributed by atoms with Gasteiger partial charge in [-0.3, -0.25) is 0 Å². The van der Waals surface area contributed by atoms with Gasteiger partial charge in [0, 0.05) is 17.0 Å². The lowest BCUT2D eigenvalue weighted by molar-refractivity contribution is 0.0520. The summed E-state index contributed by atoms with van der Waals surface area (Å²) in [5, 5.41) is 1.59. The summed E-state index contributed by atoms with van der Waals surface area (Å²) in [4.78, 5) is 16.9. The largest absolute Gasteiger partial charge is 0.461 e. The van der Waals surface area contributed by atoms with Crippen molar-refractivity contribution in [2.75, 3.05) is 20.7 Å². The Bertz CT molecular complexity index is 605. The highest BCUT2D eigenvalue weighted by Crippen LogP contribution is 2.25. The maximum Gasteiger partial charge on any atom is 0.354 e. The minimum absolute atomic E-state index is 0.342. The number of rotatable bonds is 4. The van der Waals surface area contributed by atoms with Gasteiger partial charge in [0.25, 0.3) is 0 Å². The molecule has 0 unspecified atom stereocenters. The van der Waals surface area contributed by atoms with Crippen molar-refractivity contribution in [1.29, 1.82) is 0 Å². The second-order valence-electron chi connectivity index (χ2n) is 4.67. The summed E-state index contributed by atoms with van der Waals surface area (Å²) in [7, 11) is 3.98. The van der Waals surface area contributed by atoms with Crippen LogP contribution >= 0.6 is 11.6 Å². The zero-order chi connectivity index (χ0) is 14.0. The number of carbonyl (C=O) groups excluding carboxylic acids is 1. The van der Waals surface area contributed by atoms with Gasteiger partial charge in [0.2, 0.25) is 0 Å². The molecular weight excluding hydrogens is 264 g/mol. The van der Waals surface area contributed by atoms with Crippen LogP contribution in [-0.4, -0.2) is 36.6 Å². The van der Waals surface area contributed by atoms with Crippen LogP contribution < -0.4 is 0 Å². The van der Waals surface area contributed by atoms with Crippen molar-refractivity contribution in [3.63, 3.8) is 0 Å². The van der Waals surface area contributed by atoms with E-state index in [0.29, 0.717) is 17.3 Å². The third kappa shape index (κ3) is 3.08. The highest BCUT2D eigenvalue weighted by atomic mass is 35.5. The van der Waals surface area contributed by atoms with Gasteiger partial charge in [0.15, 0.2) is 0 Å². The molecule has 4 nitrogen and oxygen atoms in total. The van der Waals surface area contributed by atoms with E-state index in [0.717, 1.165) is 23.0 Å². The predicted octanol–water partition coefficient (Wildman–Crippen LogP) is 3.06. The molecule has 0 spiro atoms. The van der Waals surface area contributed by atoms with Crippen molar-refractivity contribution < 1.29 is 9.53 Å². The summed E-state index contributed by atoms with van der Waals surface area (Å²) in [6, 6.07) is 5.53. The second-order valence-corrected chi connectivity index (χ2v) is 5.11. The number of nitrogens with one attached hydrogen (secondary N) is 1. The average Bonchev–Trinajstić information content (AvgIpc) is 2.72. The monoisotopic (exact) mass is 280 g/mol. The minimum atomic E-state index is -0.342. The Hall–Kier alpha value is -1.52. The van der Waals surface area contributed by atoms with Crippen LogP contribution in [0.2, 0.25) is 5.02 Å². The number of hydrogen-bond acceptors (Lipinski definition) is 3. The van der Waals surface area contributed by atoms with Gasteiger partial charge in [-0.1, -0.05) is 11.6 Å². The Kier molecular flexibility index (Phi) is 4.12. The fraction of sp³-hybridized carbons (Fsp3) is 0.357. The first-order valence-corrected chi connectivity index (χ1v) is 6.52. The molecule has 0 saturated carbocycles. The van der Waals surface area contributed by atoms with Gasteiger partial charge < -0.3 is 14.6 Å². The Balaban J connectivity index is 2.48. The summed E-state index contributed by atoms with van der Waals surface area (Å²) < 4.78 is 5.00. The number of benzene rings is 1. The molecule has 0 saturated heterocycles. The first-order chi connectivity index (χ1) is 9.01.